The summed E-state index contributed by atoms with van der Waals surface area (Å²) in [6.45, 7) is 0. The number of phenols is 1. The molecule has 90 valence electrons. The highest BCUT2D eigenvalue weighted by molar-refractivity contribution is 5.85. The molecule has 16 heavy (non-hydrogen) atoms. The van der Waals surface area contributed by atoms with Crippen molar-refractivity contribution in [3.05, 3.63) is 23.8 Å². The summed E-state index contributed by atoms with van der Waals surface area (Å²) in [6.07, 6.45) is 3.51. The number of methoxy groups -OCH3 is 1. The second kappa shape index (κ2) is 5.41. The monoisotopic (exact) mass is 243 g/mol. The third-order valence-corrected chi connectivity index (χ3v) is 2.92. The molecule has 1 aromatic carbocycles. The van der Waals surface area contributed by atoms with E-state index in [2.05, 4.69) is 0 Å². The molecule has 0 unspecified atom stereocenters. The third kappa shape index (κ3) is 3.03. The third-order valence-electron chi connectivity index (χ3n) is 2.92. The highest BCUT2D eigenvalue weighted by Gasteiger charge is 2.25. The van der Waals surface area contributed by atoms with E-state index in [1.807, 2.05) is 6.07 Å². The maximum Gasteiger partial charge on any atom is 0.120 e. The number of halogens is 1. The lowest BCUT2D eigenvalue weighted by Gasteiger charge is -2.14. The summed E-state index contributed by atoms with van der Waals surface area (Å²) in [5.41, 5.74) is 6.84. The maximum absolute atomic E-state index is 9.70. The lowest BCUT2D eigenvalue weighted by Crippen LogP contribution is -2.11. The van der Waals surface area contributed by atoms with Gasteiger partial charge in [0.2, 0.25) is 0 Å². The summed E-state index contributed by atoms with van der Waals surface area (Å²) in [4.78, 5) is 0. The summed E-state index contributed by atoms with van der Waals surface area (Å²) in [5.74, 6) is 1.77. The van der Waals surface area contributed by atoms with Gasteiger partial charge >= 0.3 is 0 Å². The van der Waals surface area contributed by atoms with Crippen molar-refractivity contribution in [2.24, 2.45) is 11.7 Å². The largest absolute Gasteiger partial charge is 0.508 e. The normalized spacial score (nSPS) is 16.4. The zero-order valence-electron chi connectivity index (χ0n) is 9.35. The van der Waals surface area contributed by atoms with Gasteiger partial charge in [0.1, 0.15) is 11.5 Å². The molecule has 1 aromatic rings. The van der Waals surface area contributed by atoms with E-state index in [0.29, 0.717) is 0 Å². The van der Waals surface area contributed by atoms with Crippen LogP contribution in [0.5, 0.6) is 11.5 Å². The summed E-state index contributed by atoms with van der Waals surface area (Å²) in [6, 6.07) is 5.12. The Balaban J connectivity index is 0.00000128. The average Bonchev–Trinajstić information content (AvgIpc) is 3.02. The Morgan fingerprint density at radius 3 is 2.75 bits per heavy atom. The minimum absolute atomic E-state index is 0. The van der Waals surface area contributed by atoms with Gasteiger partial charge in [-0.2, -0.15) is 0 Å². The van der Waals surface area contributed by atoms with Gasteiger partial charge in [-0.25, -0.2) is 0 Å². The fourth-order valence-corrected chi connectivity index (χ4v) is 1.80. The number of phenolic OH excluding ortho intramolecular Hbond substituents is 1. The lowest BCUT2D eigenvalue weighted by atomic mass is 10.0. The van der Waals surface area contributed by atoms with Crippen molar-refractivity contribution in [3.63, 3.8) is 0 Å². The molecule has 1 atom stereocenters. The Bertz CT molecular complexity index is 353. The first-order chi connectivity index (χ1) is 7.20. The molecule has 0 spiro atoms. The van der Waals surface area contributed by atoms with Crippen LogP contribution >= 0.6 is 12.4 Å². The van der Waals surface area contributed by atoms with Gasteiger partial charge in [-0.3, -0.25) is 0 Å². The van der Waals surface area contributed by atoms with Gasteiger partial charge in [0.05, 0.1) is 7.11 Å². The van der Waals surface area contributed by atoms with E-state index in [9.17, 15) is 5.11 Å². The van der Waals surface area contributed by atoms with Crippen molar-refractivity contribution in [2.75, 3.05) is 7.11 Å². The van der Waals surface area contributed by atoms with Crippen LogP contribution in [0.25, 0.3) is 0 Å². The zero-order valence-corrected chi connectivity index (χ0v) is 10.2. The standard InChI is InChI=1S/C12H17NO2.ClH/c1-15-9-4-5-12(14)10(7-9)11(13)6-8-2-3-8;/h4-5,7-8,11,14H,2-3,6,13H2,1H3;1H/t11-;/m0./s1. The second-order valence-corrected chi connectivity index (χ2v) is 4.21. The van der Waals surface area contributed by atoms with Crippen LogP contribution in [0.4, 0.5) is 0 Å². The second-order valence-electron chi connectivity index (χ2n) is 4.21. The SMILES string of the molecule is COc1ccc(O)c([C@@H](N)CC2CC2)c1.Cl. The van der Waals surface area contributed by atoms with Gasteiger partial charge in [0.15, 0.2) is 0 Å². The molecule has 0 aliphatic heterocycles. The van der Waals surface area contributed by atoms with Crippen molar-refractivity contribution in [1.82, 2.24) is 0 Å². The molecule has 3 N–H and O–H groups in total. The van der Waals surface area contributed by atoms with Gasteiger partial charge in [0, 0.05) is 11.6 Å². The zero-order chi connectivity index (χ0) is 10.8. The fourth-order valence-electron chi connectivity index (χ4n) is 1.80. The molecule has 1 aliphatic rings. The lowest BCUT2D eigenvalue weighted by molar-refractivity contribution is 0.408. The van der Waals surface area contributed by atoms with Crippen molar-refractivity contribution in [2.45, 2.75) is 25.3 Å². The van der Waals surface area contributed by atoms with Crippen molar-refractivity contribution >= 4 is 12.4 Å². The van der Waals surface area contributed by atoms with Crippen molar-refractivity contribution in [3.8, 4) is 11.5 Å². The Kier molecular flexibility index (Phi) is 4.44. The first-order valence-electron chi connectivity index (χ1n) is 5.33. The minimum atomic E-state index is -0.0763. The van der Waals surface area contributed by atoms with Crippen LogP contribution in [0.2, 0.25) is 0 Å². The van der Waals surface area contributed by atoms with Gasteiger partial charge in [-0.15, -0.1) is 12.4 Å². The molecule has 3 nitrogen and oxygen atoms in total. The predicted octanol–water partition coefficient (Wildman–Crippen LogP) is 2.62. The van der Waals surface area contributed by atoms with Crippen LogP contribution < -0.4 is 10.5 Å². The van der Waals surface area contributed by atoms with E-state index in [1.54, 1.807) is 19.2 Å². The Morgan fingerprint density at radius 2 is 2.19 bits per heavy atom. The summed E-state index contributed by atoms with van der Waals surface area (Å²) < 4.78 is 5.11. The van der Waals surface area contributed by atoms with Crippen LogP contribution in [0, 0.1) is 5.92 Å². The molecule has 1 aliphatic carbocycles. The topological polar surface area (TPSA) is 55.5 Å². The molecule has 2 rings (SSSR count). The average molecular weight is 244 g/mol. The van der Waals surface area contributed by atoms with Crippen molar-refractivity contribution < 1.29 is 9.84 Å². The molecule has 1 fully saturated rings. The van der Waals surface area contributed by atoms with Crippen LogP contribution in [0.1, 0.15) is 30.9 Å². The Labute approximate surface area is 102 Å². The summed E-state index contributed by atoms with van der Waals surface area (Å²) >= 11 is 0. The quantitative estimate of drug-likeness (QED) is 0.855. The van der Waals surface area contributed by atoms with Crippen LogP contribution in [-0.4, -0.2) is 12.2 Å². The predicted molar refractivity (Wildman–Crippen MR) is 66.2 cm³/mol. The molecular weight excluding hydrogens is 226 g/mol. The van der Waals surface area contributed by atoms with E-state index in [0.717, 1.165) is 23.7 Å². The molecule has 4 heteroatoms. The van der Waals surface area contributed by atoms with Gasteiger partial charge in [-0.1, -0.05) is 12.8 Å². The molecule has 0 saturated heterocycles. The molecule has 0 amide bonds. The highest BCUT2D eigenvalue weighted by Crippen LogP contribution is 2.39. The number of rotatable bonds is 4. The van der Waals surface area contributed by atoms with E-state index in [-0.39, 0.29) is 24.2 Å². The first-order valence-corrected chi connectivity index (χ1v) is 5.33. The van der Waals surface area contributed by atoms with Gasteiger partial charge in [-0.05, 0) is 30.5 Å². The molecule has 1 saturated carbocycles. The van der Waals surface area contributed by atoms with Crippen LogP contribution in [-0.2, 0) is 0 Å². The van der Waals surface area contributed by atoms with Gasteiger partial charge < -0.3 is 15.6 Å². The highest BCUT2D eigenvalue weighted by atomic mass is 35.5. The van der Waals surface area contributed by atoms with Gasteiger partial charge in [0.25, 0.3) is 0 Å². The summed E-state index contributed by atoms with van der Waals surface area (Å²) in [7, 11) is 1.61. The molecule has 0 radical (unpaired) electrons. The number of benzene rings is 1. The van der Waals surface area contributed by atoms with Crippen molar-refractivity contribution in [1.29, 1.82) is 0 Å². The number of hydrogen-bond donors (Lipinski definition) is 2. The maximum atomic E-state index is 9.70. The minimum Gasteiger partial charge on any atom is -0.508 e. The van der Waals surface area contributed by atoms with E-state index < -0.39 is 0 Å². The van der Waals surface area contributed by atoms with E-state index in [4.69, 9.17) is 10.5 Å². The molecule has 0 aromatic heterocycles. The molecular formula is C12H18ClNO2. The molecule has 0 bridgehead atoms. The fraction of sp³-hybridized carbons (Fsp3) is 0.500. The van der Waals surface area contributed by atoms with Crippen LogP contribution in [0.15, 0.2) is 18.2 Å². The number of aromatic hydroxyl groups is 1. The molecule has 0 heterocycles. The number of ether oxygens (including phenoxy) is 1. The summed E-state index contributed by atoms with van der Waals surface area (Å²) in [5, 5.41) is 9.70. The number of nitrogens with two attached hydrogens (primary N) is 1. The first kappa shape index (κ1) is 13.1. The van der Waals surface area contributed by atoms with E-state index in [1.165, 1.54) is 12.8 Å². The Hall–Kier alpha value is -0.930. The smallest absolute Gasteiger partial charge is 0.120 e. The van der Waals surface area contributed by atoms with E-state index >= 15 is 0 Å². The Morgan fingerprint density at radius 1 is 1.50 bits per heavy atom. The number of hydrogen-bond acceptors (Lipinski definition) is 3. The van der Waals surface area contributed by atoms with Crippen LogP contribution in [0.3, 0.4) is 0 Å².